The smallest absolute Gasteiger partial charge is 0.471 e. The molecule has 0 unspecified atom stereocenters. The van der Waals surface area contributed by atoms with Gasteiger partial charge in [-0.3, -0.25) is 9.59 Å². The molecule has 0 aliphatic heterocycles. The summed E-state index contributed by atoms with van der Waals surface area (Å²) in [5.41, 5.74) is 0.493. The highest BCUT2D eigenvalue weighted by Crippen LogP contribution is 2.15. The Hall–Kier alpha value is -2.25. The number of hydrogen-bond donors (Lipinski definition) is 1. The number of carbonyl (C=O) groups excluding carboxylic acids is 2. The van der Waals surface area contributed by atoms with E-state index >= 15 is 0 Å². The first kappa shape index (κ1) is 16.8. The van der Waals surface area contributed by atoms with Gasteiger partial charge in [0.15, 0.2) is 0 Å². The van der Waals surface area contributed by atoms with Gasteiger partial charge in [-0.05, 0) is 17.7 Å². The van der Waals surface area contributed by atoms with Crippen molar-refractivity contribution in [3.05, 3.63) is 29.8 Å². The van der Waals surface area contributed by atoms with E-state index in [0.29, 0.717) is 11.3 Å². The predicted molar refractivity (Wildman–Crippen MR) is 66.5 cm³/mol. The first-order chi connectivity index (χ1) is 9.82. The summed E-state index contributed by atoms with van der Waals surface area (Å²) in [6, 6.07) is 6.10. The number of alkyl halides is 3. The van der Waals surface area contributed by atoms with E-state index in [2.05, 4.69) is 4.74 Å². The van der Waals surface area contributed by atoms with Crippen LogP contribution in [0.4, 0.5) is 13.2 Å². The van der Waals surface area contributed by atoms with Crippen LogP contribution >= 0.6 is 0 Å². The van der Waals surface area contributed by atoms with Crippen molar-refractivity contribution in [2.75, 3.05) is 13.7 Å². The highest BCUT2D eigenvalue weighted by molar-refractivity contribution is 5.81. The number of benzene rings is 1. The molecule has 0 radical (unpaired) electrons. The van der Waals surface area contributed by atoms with Crippen LogP contribution in [0.1, 0.15) is 12.0 Å². The van der Waals surface area contributed by atoms with Crippen LogP contribution in [0.3, 0.4) is 0 Å². The van der Waals surface area contributed by atoms with E-state index in [4.69, 9.17) is 4.74 Å². The second-order valence-electron chi connectivity index (χ2n) is 4.00. The van der Waals surface area contributed by atoms with Crippen LogP contribution in [0.2, 0.25) is 0 Å². The van der Waals surface area contributed by atoms with Crippen LogP contribution in [0.15, 0.2) is 24.3 Å². The van der Waals surface area contributed by atoms with Gasteiger partial charge in [-0.2, -0.15) is 13.2 Å². The topological polar surface area (TPSA) is 64.6 Å². The molecule has 0 spiro atoms. The minimum absolute atomic E-state index is 0.0971. The maximum atomic E-state index is 12.0. The van der Waals surface area contributed by atoms with Crippen molar-refractivity contribution in [3.8, 4) is 5.75 Å². The monoisotopic (exact) mass is 305 g/mol. The zero-order chi connectivity index (χ0) is 15.9. The van der Waals surface area contributed by atoms with E-state index < -0.39 is 18.1 Å². The standard InChI is InChI=1S/C13H14F3NO4/c1-20-11(18)6-7-21-10-4-2-9(3-5-10)8-17-12(19)13(14,15)16/h2-5H,6-8H2,1H3,(H,17,19). The Balaban J connectivity index is 2.40. The molecule has 8 heteroatoms. The molecule has 0 saturated carbocycles. The molecule has 1 rings (SSSR count). The number of ether oxygens (including phenoxy) is 2. The van der Waals surface area contributed by atoms with Crippen molar-refractivity contribution in [3.63, 3.8) is 0 Å². The van der Waals surface area contributed by atoms with Crippen LogP contribution in [0.5, 0.6) is 5.75 Å². The number of rotatable bonds is 6. The molecule has 116 valence electrons. The van der Waals surface area contributed by atoms with Gasteiger partial charge >= 0.3 is 18.1 Å². The van der Waals surface area contributed by atoms with E-state index in [0.717, 1.165) is 0 Å². The third-order valence-electron chi connectivity index (χ3n) is 2.44. The lowest BCUT2D eigenvalue weighted by molar-refractivity contribution is -0.173. The van der Waals surface area contributed by atoms with Gasteiger partial charge in [0.05, 0.1) is 20.1 Å². The molecule has 1 N–H and O–H groups in total. The van der Waals surface area contributed by atoms with Crippen LogP contribution in [0, 0.1) is 0 Å². The summed E-state index contributed by atoms with van der Waals surface area (Å²) >= 11 is 0. The predicted octanol–water partition coefficient (Wildman–Crippen LogP) is 1.81. The molecule has 21 heavy (non-hydrogen) atoms. The molecule has 1 amide bonds. The fourth-order valence-corrected chi connectivity index (χ4v) is 1.34. The Morgan fingerprint density at radius 3 is 2.33 bits per heavy atom. The van der Waals surface area contributed by atoms with E-state index in [1.165, 1.54) is 31.4 Å². The average Bonchev–Trinajstić information content (AvgIpc) is 2.44. The quantitative estimate of drug-likeness (QED) is 0.814. The number of esters is 1. The van der Waals surface area contributed by atoms with Gasteiger partial charge in [-0.15, -0.1) is 0 Å². The summed E-state index contributed by atoms with van der Waals surface area (Å²) in [7, 11) is 1.27. The highest BCUT2D eigenvalue weighted by Gasteiger charge is 2.38. The minimum atomic E-state index is -4.89. The van der Waals surface area contributed by atoms with E-state index in [1.54, 1.807) is 5.32 Å². The number of methoxy groups -OCH3 is 1. The van der Waals surface area contributed by atoms with Gasteiger partial charge in [0.25, 0.3) is 0 Å². The summed E-state index contributed by atoms with van der Waals surface area (Å²) in [6.45, 7) is -0.0996. The number of nitrogens with one attached hydrogen (secondary N) is 1. The first-order valence-electron chi connectivity index (χ1n) is 5.96. The van der Waals surface area contributed by atoms with E-state index in [-0.39, 0.29) is 19.6 Å². The third kappa shape index (κ3) is 6.15. The van der Waals surface area contributed by atoms with Crippen LogP contribution in [-0.2, 0) is 20.9 Å². The fourth-order valence-electron chi connectivity index (χ4n) is 1.34. The molecule has 0 bridgehead atoms. The van der Waals surface area contributed by atoms with Gasteiger partial charge in [0.2, 0.25) is 0 Å². The van der Waals surface area contributed by atoms with Crippen molar-refractivity contribution in [1.82, 2.24) is 5.32 Å². The van der Waals surface area contributed by atoms with Crippen molar-refractivity contribution in [1.29, 1.82) is 0 Å². The molecule has 0 fully saturated rings. The molecular formula is C13H14F3NO4. The van der Waals surface area contributed by atoms with Crippen molar-refractivity contribution < 1.29 is 32.2 Å². The summed E-state index contributed by atoms with van der Waals surface area (Å²) in [5, 5.41) is 1.76. The zero-order valence-electron chi connectivity index (χ0n) is 11.2. The Labute approximate surface area is 119 Å². The Bertz CT molecular complexity index is 485. The number of halogens is 3. The summed E-state index contributed by atoms with van der Waals surface area (Å²) < 4.78 is 45.6. The lowest BCUT2D eigenvalue weighted by Gasteiger charge is -2.09. The van der Waals surface area contributed by atoms with E-state index in [9.17, 15) is 22.8 Å². The molecular weight excluding hydrogens is 291 g/mol. The first-order valence-corrected chi connectivity index (χ1v) is 5.96. The van der Waals surface area contributed by atoms with Crippen molar-refractivity contribution >= 4 is 11.9 Å². The summed E-state index contributed by atoms with van der Waals surface area (Å²) in [5.74, 6) is -1.92. The van der Waals surface area contributed by atoms with Gasteiger partial charge in [-0.25, -0.2) is 0 Å². The molecule has 1 aromatic carbocycles. The van der Waals surface area contributed by atoms with Crippen molar-refractivity contribution in [2.24, 2.45) is 0 Å². The Kier molecular flexibility index (Phi) is 6.01. The molecule has 5 nitrogen and oxygen atoms in total. The minimum Gasteiger partial charge on any atom is -0.493 e. The molecule has 1 aromatic rings. The largest absolute Gasteiger partial charge is 0.493 e. The van der Waals surface area contributed by atoms with Crippen LogP contribution in [0.25, 0.3) is 0 Å². The fraction of sp³-hybridized carbons (Fsp3) is 0.385. The molecule has 0 aliphatic carbocycles. The van der Waals surface area contributed by atoms with Gasteiger partial charge in [0.1, 0.15) is 5.75 Å². The van der Waals surface area contributed by atoms with Crippen molar-refractivity contribution in [2.45, 2.75) is 19.1 Å². The zero-order valence-corrected chi connectivity index (χ0v) is 11.2. The number of amides is 1. The maximum absolute atomic E-state index is 12.0. The Morgan fingerprint density at radius 2 is 1.81 bits per heavy atom. The van der Waals surface area contributed by atoms with Crippen LogP contribution in [-0.4, -0.2) is 31.8 Å². The highest BCUT2D eigenvalue weighted by atomic mass is 19.4. The Morgan fingerprint density at radius 1 is 1.19 bits per heavy atom. The lowest BCUT2D eigenvalue weighted by atomic mass is 10.2. The van der Waals surface area contributed by atoms with E-state index in [1.807, 2.05) is 0 Å². The van der Waals surface area contributed by atoms with Gasteiger partial charge in [0, 0.05) is 6.54 Å². The van der Waals surface area contributed by atoms with Gasteiger partial charge in [-0.1, -0.05) is 12.1 Å². The lowest BCUT2D eigenvalue weighted by Crippen LogP contribution is -2.36. The molecule has 0 saturated heterocycles. The number of carbonyl (C=O) groups is 2. The summed E-state index contributed by atoms with van der Waals surface area (Å²) in [4.78, 5) is 21.5. The average molecular weight is 305 g/mol. The van der Waals surface area contributed by atoms with Gasteiger partial charge < -0.3 is 14.8 Å². The second-order valence-corrected chi connectivity index (χ2v) is 4.00. The third-order valence-corrected chi connectivity index (χ3v) is 2.44. The summed E-state index contributed by atoms with van der Waals surface area (Å²) in [6.07, 6.45) is -4.79. The molecule has 0 atom stereocenters. The SMILES string of the molecule is COC(=O)CCOc1ccc(CNC(=O)C(F)(F)F)cc1. The maximum Gasteiger partial charge on any atom is 0.471 e. The second kappa shape index (κ2) is 7.51. The van der Waals surface area contributed by atoms with Crippen LogP contribution < -0.4 is 10.1 Å². The molecule has 0 heterocycles. The number of hydrogen-bond acceptors (Lipinski definition) is 4. The molecule has 0 aliphatic rings. The normalized spacial score (nSPS) is 10.9. The molecule has 0 aromatic heterocycles.